The first-order valence-corrected chi connectivity index (χ1v) is 7.98. The lowest BCUT2D eigenvalue weighted by Crippen LogP contribution is -2.31. The van der Waals surface area contributed by atoms with Crippen molar-refractivity contribution in [3.63, 3.8) is 0 Å². The number of nitrogens with two attached hydrogens (primary N) is 1. The van der Waals surface area contributed by atoms with Gasteiger partial charge in [0, 0.05) is 18.1 Å². The number of benzene rings is 1. The summed E-state index contributed by atoms with van der Waals surface area (Å²) in [6, 6.07) is 5.24. The van der Waals surface area contributed by atoms with E-state index in [-0.39, 0.29) is 0 Å². The van der Waals surface area contributed by atoms with Crippen molar-refractivity contribution in [2.24, 2.45) is 0 Å². The number of hydrogen-bond acceptors (Lipinski definition) is 5. The van der Waals surface area contributed by atoms with Gasteiger partial charge in [0.15, 0.2) is 11.6 Å². The first-order chi connectivity index (χ1) is 10.6. The zero-order chi connectivity index (χ0) is 15.5. The molecule has 5 nitrogen and oxygen atoms in total. The molecule has 3 N–H and O–H groups in total. The quantitative estimate of drug-likeness (QED) is 0.882. The summed E-state index contributed by atoms with van der Waals surface area (Å²) in [6.07, 6.45) is 5.10. The van der Waals surface area contributed by atoms with E-state index in [1.807, 2.05) is 0 Å². The molecule has 1 aliphatic heterocycles. The molecule has 1 aromatic heterocycles. The van der Waals surface area contributed by atoms with Crippen LogP contribution in [0.3, 0.4) is 0 Å². The van der Waals surface area contributed by atoms with Crippen LogP contribution in [0.1, 0.15) is 19.3 Å². The second kappa shape index (κ2) is 6.58. The predicted molar refractivity (Wildman–Crippen MR) is 92.3 cm³/mol. The molecule has 0 unspecified atom stereocenters. The highest BCUT2D eigenvalue weighted by atomic mass is 35.5. The van der Waals surface area contributed by atoms with E-state index in [4.69, 9.17) is 28.9 Å². The molecule has 0 radical (unpaired) electrons. The average Bonchev–Trinajstić information content (AvgIpc) is 2.53. The van der Waals surface area contributed by atoms with E-state index in [9.17, 15) is 0 Å². The smallest absolute Gasteiger partial charge is 0.159 e. The van der Waals surface area contributed by atoms with Gasteiger partial charge in [-0.05, 0) is 37.5 Å². The van der Waals surface area contributed by atoms with Crippen molar-refractivity contribution < 1.29 is 0 Å². The monoisotopic (exact) mass is 337 g/mol. The third-order valence-electron chi connectivity index (χ3n) is 3.70. The lowest BCUT2D eigenvalue weighted by molar-refractivity contribution is 0.574. The van der Waals surface area contributed by atoms with Crippen molar-refractivity contribution in [1.82, 2.24) is 9.97 Å². The van der Waals surface area contributed by atoms with Crippen molar-refractivity contribution in [3.8, 4) is 0 Å². The summed E-state index contributed by atoms with van der Waals surface area (Å²) in [7, 11) is 0. The van der Waals surface area contributed by atoms with Gasteiger partial charge in [0.1, 0.15) is 12.0 Å². The predicted octanol–water partition coefficient (Wildman–Crippen LogP) is 4.10. The number of nitrogens with zero attached hydrogens (tertiary/aromatic N) is 3. The Hall–Kier alpha value is -1.72. The second-order valence-corrected chi connectivity index (χ2v) is 6.10. The standard InChI is InChI=1S/C15H17Cl2N5/c16-10-4-5-12(11(17)8-10)21-14-13(18)15(20-9-19-14)22-6-2-1-3-7-22/h4-5,8-9H,1-3,6-7,18H2,(H,19,20,21). The van der Waals surface area contributed by atoms with Crippen molar-refractivity contribution in [2.45, 2.75) is 19.3 Å². The Morgan fingerprint density at radius 1 is 1.09 bits per heavy atom. The van der Waals surface area contributed by atoms with Crippen LogP contribution >= 0.6 is 23.2 Å². The van der Waals surface area contributed by atoms with Gasteiger partial charge in [0.05, 0.1) is 10.7 Å². The molecule has 1 fully saturated rings. The Kier molecular flexibility index (Phi) is 4.55. The van der Waals surface area contributed by atoms with Gasteiger partial charge in [-0.1, -0.05) is 23.2 Å². The van der Waals surface area contributed by atoms with Gasteiger partial charge in [0.2, 0.25) is 0 Å². The van der Waals surface area contributed by atoms with Crippen LogP contribution in [0, 0.1) is 0 Å². The summed E-state index contributed by atoms with van der Waals surface area (Å²) in [5, 5.41) is 4.26. The molecule has 0 bridgehead atoms. The van der Waals surface area contributed by atoms with E-state index in [2.05, 4.69) is 20.2 Å². The van der Waals surface area contributed by atoms with Gasteiger partial charge in [-0.2, -0.15) is 0 Å². The lowest BCUT2D eigenvalue weighted by Gasteiger charge is -2.29. The van der Waals surface area contributed by atoms with Gasteiger partial charge >= 0.3 is 0 Å². The normalized spacial score (nSPS) is 14.9. The summed E-state index contributed by atoms with van der Waals surface area (Å²) in [5.41, 5.74) is 7.49. The summed E-state index contributed by atoms with van der Waals surface area (Å²) in [5.74, 6) is 1.34. The summed E-state index contributed by atoms with van der Waals surface area (Å²) in [6.45, 7) is 1.95. The number of nitrogen functional groups attached to an aromatic ring is 1. The Balaban J connectivity index is 1.87. The fourth-order valence-electron chi connectivity index (χ4n) is 2.56. The van der Waals surface area contributed by atoms with Gasteiger partial charge in [-0.15, -0.1) is 0 Å². The SMILES string of the molecule is Nc1c(Nc2ccc(Cl)cc2Cl)ncnc1N1CCCCC1. The van der Waals surface area contributed by atoms with Gasteiger partial charge in [0.25, 0.3) is 0 Å². The highest BCUT2D eigenvalue weighted by molar-refractivity contribution is 6.36. The molecule has 0 amide bonds. The molecule has 1 saturated heterocycles. The molecule has 1 aromatic carbocycles. The van der Waals surface area contributed by atoms with E-state index in [1.54, 1.807) is 18.2 Å². The minimum atomic E-state index is 0.519. The van der Waals surface area contributed by atoms with Crippen molar-refractivity contribution in [1.29, 1.82) is 0 Å². The van der Waals surface area contributed by atoms with E-state index >= 15 is 0 Å². The molecule has 2 aromatic rings. The average molecular weight is 338 g/mol. The molecule has 2 heterocycles. The molecule has 3 rings (SSSR count). The lowest BCUT2D eigenvalue weighted by atomic mass is 10.1. The van der Waals surface area contributed by atoms with Crippen molar-refractivity contribution in [3.05, 3.63) is 34.6 Å². The van der Waals surface area contributed by atoms with Gasteiger partial charge < -0.3 is 16.0 Å². The molecule has 1 aliphatic rings. The maximum Gasteiger partial charge on any atom is 0.159 e. The van der Waals surface area contributed by atoms with Crippen LogP contribution in [0.4, 0.5) is 23.0 Å². The summed E-state index contributed by atoms with van der Waals surface area (Å²) >= 11 is 12.1. The molecule has 22 heavy (non-hydrogen) atoms. The van der Waals surface area contributed by atoms with Crippen LogP contribution in [-0.4, -0.2) is 23.1 Å². The van der Waals surface area contributed by atoms with Crippen LogP contribution in [0.5, 0.6) is 0 Å². The number of rotatable bonds is 3. The van der Waals surface area contributed by atoms with Crippen LogP contribution in [0.25, 0.3) is 0 Å². The van der Waals surface area contributed by atoms with Crippen LogP contribution in [0.2, 0.25) is 10.0 Å². The molecule has 7 heteroatoms. The van der Waals surface area contributed by atoms with E-state index < -0.39 is 0 Å². The highest BCUT2D eigenvalue weighted by Gasteiger charge is 2.17. The molecule has 0 saturated carbocycles. The Morgan fingerprint density at radius 3 is 2.59 bits per heavy atom. The number of nitrogens with one attached hydrogen (secondary N) is 1. The first-order valence-electron chi connectivity index (χ1n) is 7.22. The summed E-state index contributed by atoms with van der Waals surface area (Å²) < 4.78 is 0. The van der Waals surface area contributed by atoms with Crippen LogP contribution in [0.15, 0.2) is 24.5 Å². The first kappa shape index (κ1) is 15.2. The zero-order valence-electron chi connectivity index (χ0n) is 12.0. The second-order valence-electron chi connectivity index (χ2n) is 5.26. The molecular formula is C15H17Cl2N5. The fourth-order valence-corrected chi connectivity index (χ4v) is 3.02. The maximum absolute atomic E-state index is 6.24. The fraction of sp³-hybridized carbons (Fsp3) is 0.333. The van der Waals surface area contributed by atoms with Crippen molar-refractivity contribution >= 4 is 46.2 Å². The van der Waals surface area contributed by atoms with E-state index in [0.29, 0.717) is 27.2 Å². The van der Waals surface area contributed by atoms with E-state index in [0.717, 1.165) is 31.7 Å². The van der Waals surface area contributed by atoms with Crippen LogP contribution in [-0.2, 0) is 0 Å². The molecule has 0 aliphatic carbocycles. The Labute approximate surface area is 139 Å². The minimum absolute atomic E-state index is 0.519. The van der Waals surface area contributed by atoms with Gasteiger partial charge in [-0.25, -0.2) is 9.97 Å². The topological polar surface area (TPSA) is 67.1 Å². The molecule has 0 atom stereocenters. The van der Waals surface area contributed by atoms with E-state index in [1.165, 1.54) is 12.7 Å². The number of aromatic nitrogens is 2. The molecule has 0 spiro atoms. The zero-order valence-corrected chi connectivity index (χ0v) is 13.5. The Morgan fingerprint density at radius 2 is 1.86 bits per heavy atom. The number of anilines is 4. The maximum atomic E-state index is 6.24. The number of piperidine rings is 1. The van der Waals surface area contributed by atoms with Crippen molar-refractivity contribution in [2.75, 3.05) is 29.0 Å². The minimum Gasteiger partial charge on any atom is -0.393 e. The molecular weight excluding hydrogens is 321 g/mol. The largest absolute Gasteiger partial charge is 0.393 e. The Bertz CT molecular complexity index is 671. The third kappa shape index (κ3) is 3.20. The van der Waals surface area contributed by atoms with Crippen LogP contribution < -0.4 is 16.0 Å². The number of halogens is 2. The van der Waals surface area contributed by atoms with Gasteiger partial charge in [-0.3, -0.25) is 0 Å². The highest BCUT2D eigenvalue weighted by Crippen LogP contribution is 2.33. The molecule has 116 valence electrons. The third-order valence-corrected chi connectivity index (χ3v) is 4.25. The number of hydrogen-bond donors (Lipinski definition) is 2. The summed E-state index contributed by atoms with van der Waals surface area (Å²) in [4.78, 5) is 10.8.